The lowest BCUT2D eigenvalue weighted by atomic mass is 9.81. The second-order valence-corrected chi connectivity index (χ2v) is 6.06. The molecule has 114 valence electrons. The predicted molar refractivity (Wildman–Crippen MR) is 81.6 cm³/mol. The maximum Gasteiger partial charge on any atom is 0.248 e. The van der Waals surface area contributed by atoms with Gasteiger partial charge in [-0.3, -0.25) is 9.59 Å². The molecule has 5 heteroatoms. The van der Waals surface area contributed by atoms with Crippen molar-refractivity contribution >= 4 is 11.8 Å². The van der Waals surface area contributed by atoms with Gasteiger partial charge in [0.2, 0.25) is 11.8 Å². The van der Waals surface area contributed by atoms with Gasteiger partial charge < -0.3 is 16.0 Å². The molecule has 1 aromatic carbocycles. The highest BCUT2D eigenvalue weighted by Crippen LogP contribution is 2.28. The van der Waals surface area contributed by atoms with Crippen LogP contribution in [-0.2, 0) is 11.3 Å². The van der Waals surface area contributed by atoms with Crippen LogP contribution >= 0.6 is 0 Å². The highest BCUT2D eigenvalue weighted by molar-refractivity contribution is 5.92. The van der Waals surface area contributed by atoms with Crippen LogP contribution in [-0.4, -0.2) is 36.9 Å². The second kappa shape index (κ2) is 6.26. The molecule has 0 aromatic heterocycles. The first kappa shape index (κ1) is 15.5. The van der Waals surface area contributed by atoms with Crippen LogP contribution in [0.4, 0.5) is 0 Å². The summed E-state index contributed by atoms with van der Waals surface area (Å²) in [6.45, 7) is 4.28. The molecule has 1 saturated heterocycles. The van der Waals surface area contributed by atoms with E-state index in [1.54, 1.807) is 17.0 Å². The molecule has 0 spiro atoms. The van der Waals surface area contributed by atoms with Gasteiger partial charge in [0.05, 0.1) is 5.41 Å². The molecule has 2 amide bonds. The van der Waals surface area contributed by atoms with Crippen molar-refractivity contribution in [1.29, 1.82) is 0 Å². The van der Waals surface area contributed by atoms with E-state index in [0.29, 0.717) is 12.1 Å². The average molecular weight is 289 g/mol. The van der Waals surface area contributed by atoms with E-state index in [2.05, 4.69) is 5.32 Å². The number of carbonyl (C=O) groups excluding carboxylic acids is 2. The number of hydrogen-bond donors (Lipinski definition) is 2. The predicted octanol–water partition coefficient (Wildman–Crippen LogP) is 1.13. The summed E-state index contributed by atoms with van der Waals surface area (Å²) < 4.78 is 0. The summed E-state index contributed by atoms with van der Waals surface area (Å²) in [5.74, 6) is -0.277. The van der Waals surface area contributed by atoms with E-state index in [0.717, 1.165) is 31.5 Å². The van der Waals surface area contributed by atoms with Gasteiger partial charge in [0.1, 0.15) is 0 Å². The Morgan fingerprint density at radius 3 is 2.52 bits per heavy atom. The largest absolute Gasteiger partial charge is 0.366 e. The first-order valence-electron chi connectivity index (χ1n) is 7.27. The smallest absolute Gasteiger partial charge is 0.248 e. The summed E-state index contributed by atoms with van der Waals surface area (Å²) in [6, 6.07) is 7.07. The van der Waals surface area contributed by atoms with Gasteiger partial charge >= 0.3 is 0 Å². The Labute approximate surface area is 125 Å². The van der Waals surface area contributed by atoms with Gasteiger partial charge in [0.15, 0.2) is 0 Å². The van der Waals surface area contributed by atoms with Gasteiger partial charge in [-0.15, -0.1) is 0 Å². The van der Waals surface area contributed by atoms with Crippen molar-refractivity contribution < 1.29 is 9.59 Å². The molecular weight excluding hydrogens is 266 g/mol. The number of nitrogens with two attached hydrogens (primary N) is 1. The van der Waals surface area contributed by atoms with Crippen molar-refractivity contribution in [3.8, 4) is 0 Å². The van der Waals surface area contributed by atoms with Crippen molar-refractivity contribution in [3.05, 3.63) is 35.4 Å². The zero-order chi connectivity index (χ0) is 15.5. The van der Waals surface area contributed by atoms with Crippen molar-refractivity contribution in [2.75, 3.05) is 20.1 Å². The first-order chi connectivity index (χ1) is 9.92. The van der Waals surface area contributed by atoms with Crippen LogP contribution in [0.15, 0.2) is 24.3 Å². The number of rotatable bonds is 4. The summed E-state index contributed by atoms with van der Waals surface area (Å²) in [6.07, 6.45) is 1.95. The summed E-state index contributed by atoms with van der Waals surface area (Å²) in [5.41, 5.74) is 6.37. The van der Waals surface area contributed by atoms with Crippen LogP contribution in [0.5, 0.6) is 0 Å². The highest BCUT2D eigenvalue weighted by atomic mass is 16.2. The molecule has 3 N–H and O–H groups in total. The molecule has 5 nitrogen and oxygen atoms in total. The van der Waals surface area contributed by atoms with E-state index in [-0.39, 0.29) is 11.3 Å². The van der Waals surface area contributed by atoms with Gasteiger partial charge in [-0.2, -0.15) is 0 Å². The molecule has 1 fully saturated rings. The third kappa shape index (κ3) is 3.61. The maximum absolute atomic E-state index is 12.6. The minimum atomic E-state index is -0.438. The summed E-state index contributed by atoms with van der Waals surface area (Å²) in [4.78, 5) is 25.4. The number of nitrogens with one attached hydrogen (secondary N) is 1. The summed E-state index contributed by atoms with van der Waals surface area (Å²) >= 11 is 0. The summed E-state index contributed by atoms with van der Waals surface area (Å²) in [5, 5.41) is 3.30. The van der Waals surface area contributed by atoms with Gasteiger partial charge in [0.25, 0.3) is 0 Å². The Morgan fingerprint density at radius 2 is 2.00 bits per heavy atom. The third-order valence-corrected chi connectivity index (χ3v) is 4.12. The van der Waals surface area contributed by atoms with Crippen LogP contribution in [0, 0.1) is 5.41 Å². The molecule has 1 aliphatic rings. The molecule has 1 aromatic rings. The summed E-state index contributed by atoms with van der Waals surface area (Å²) in [7, 11) is 1.82. The molecule has 1 heterocycles. The maximum atomic E-state index is 12.6. The lowest BCUT2D eigenvalue weighted by Gasteiger charge is -2.36. The minimum Gasteiger partial charge on any atom is -0.366 e. The highest BCUT2D eigenvalue weighted by Gasteiger charge is 2.36. The Bertz CT molecular complexity index is 519. The van der Waals surface area contributed by atoms with Crippen molar-refractivity contribution in [2.24, 2.45) is 11.1 Å². The van der Waals surface area contributed by atoms with Crippen LogP contribution < -0.4 is 11.1 Å². The standard InChI is InChI=1S/C16H23N3O2/c1-16(8-3-9-18-11-16)15(21)19(2)10-12-4-6-13(7-5-12)14(17)20/h4-7,18H,3,8-11H2,1-2H3,(H2,17,20). The topological polar surface area (TPSA) is 75.4 Å². The Hall–Kier alpha value is -1.88. The fourth-order valence-electron chi connectivity index (χ4n) is 2.82. The van der Waals surface area contributed by atoms with E-state index in [9.17, 15) is 9.59 Å². The van der Waals surface area contributed by atoms with E-state index >= 15 is 0 Å². The zero-order valence-electron chi connectivity index (χ0n) is 12.7. The van der Waals surface area contributed by atoms with Crippen molar-refractivity contribution in [2.45, 2.75) is 26.3 Å². The molecule has 1 aliphatic heterocycles. The molecule has 0 aliphatic carbocycles. The Balaban J connectivity index is 2.01. The van der Waals surface area contributed by atoms with E-state index in [1.165, 1.54) is 0 Å². The van der Waals surface area contributed by atoms with Gasteiger partial charge in [-0.1, -0.05) is 12.1 Å². The fraction of sp³-hybridized carbons (Fsp3) is 0.500. The van der Waals surface area contributed by atoms with Crippen LogP contribution in [0.1, 0.15) is 35.7 Å². The lowest BCUT2D eigenvalue weighted by molar-refractivity contribution is -0.141. The number of hydrogen-bond acceptors (Lipinski definition) is 3. The van der Waals surface area contributed by atoms with Crippen molar-refractivity contribution in [3.63, 3.8) is 0 Å². The molecule has 1 unspecified atom stereocenters. The fourth-order valence-corrected chi connectivity index (χ4v) is 2.82. The number of amides is 2. The van der Waals surface area contributed by atoms with Crippen LogP contribution in [0.3, 0.4) is 0 Å². The molecule has 0 saturated carbocycles. The van der Waals surface area contributed by atoms with E-state index in [1.807, 2.05) is 26.1 Å². The minimum absolute atomic E-state index is 0.161. The molecule has 0 bridgehead atoms. The Kier molecular flexibility index (Phi) is 4.63. The third-order valence-electron chi connectivity index (χ3n) is 4.12. The quantitative estimate of drug-likeness (QED) is 0.872. The van der Waals surface area contributed by atoms with Crippen LogP contribution in [0.2, 0.25) is 0 Å². The number of nitrogens with zero attached hydrogens (tertiary/aromatic N) is 1. The average Bonchev–Trinajstić information content (AvgIpc) is 2.47. The SMILES string of the molecule is CN(Cc1ccc(C(N)=O)cc1)C(=O)C1(C)CCCNC1. The van der Waals surface area contributed by atoms with Crippen molar-refractivity contribution in [1.82, 2.24) is 10.2 Å². The molecule has 0 radical (unpaired) electrons. The molecule has 1 atom stereocenters. The van der Waals surface area contributed by atoms with Gasteiger partial charge in [0, 0.05) is 25.7 Å². The van der Waals surface area contributed by atoms with Gasteiger partial charge in [-0.05, 0) is 44.0 Å². The monoisotopic (exact) mass is 289 g/mol. The van der Waals surface area contributed by atoms with Gasteiger partial charge in [-0.25, -0.2) is 0 Å². The zero-order valence-corrected chi connectivity index (χ0v) is 12.7. The van der Waals surface area contributed by atoms with Crippen LogP contribution in [0.25, 0.3) is 0 Å². The number of carbonyl (C=O) groups is 2. The molecule has 21 heavy (non-hydrogen) atoms. The van der Waals surface area contributed by atoms with E-state index in [4.69, 9.17) is 5.73 Å². The molecular formula is C16H23N3O2. The first-order valence-corrected chi connectivity index (χ1v) is 7.27. The number of benzene rings is 1. The lowest BCUT2D eigenvalue weighted by Crippen LogP contribution is -2.48. The van der Waals surface area contributed by atoms with E-state index < -0.39 is 5.91 Å². The molecule has 2 rings (SSSR count). The Morgan fingerprint density at radius 1 is 1.33 bits per heavy atom. The normalized spacial score (nSPS) is 21.8. The second-order valence-electron chi connectivity index (χ2n) is 6.06. The number of piperidine rings is 1. The number of primary amides is 1.